The Bertz CT molecular complexity index is 1580. The molecule has 10 heteroatoms. The van der Waals surface area contributed by atoms with E-state index in [-0.39, 0.29) is 35.7 Å². The highest BCUT2D eigenvalue weighted by Gasteiger charge is 2.23. The van der Waals surface area contributed by atoms with Gasteiger partial charge in [-0.1, -0.05) is 20.8 Å². The number of pyridine rings is 2. The second-order valence-corrected chi connectivity index (χ2v) is 10.2. The SMILES string of the molecule is CNc1cc2c(cn1)cc(-c1cc(NC(=O)Nc3occ(C(C)(C)C)c3C)c(F)cc1C)c(=O)n2CCO. The summed E-state index contributed by atoms with van der Waals surface area (Å²) in [6.45, 7) is 9.47. The molecule has 0 spiro atoms. The van der Waals surface area contributed by atoms with Gasteiger partial charge in [0.15, 0.2) is 0 Å². The number of carbonyl (C=O) groups is 1. The summed E-state index contributed by atoms with van der Waals surface area (Å²) >= 11 is 0. The fourth-order valence-electron chi connectivity index (χ4n) is 4.52. The van der Waals surface area contributed by atoms with Crippen molar-refractivity contribution in [1.29, 1.82) is 0 Å². The molecule has 4 N–H and O–H groups in total. The second kappa shape index (κ2) is 10.3. The summed E-state index contributed by atoms with van der Waals surface area (Å²) in [5.41, 5.74) is 2.96. The van der Waals surface area contributed by atoms with Crippen LogP contribution in [0.1, 0.15) is 37.5 Å². The highest BCUT2D eigenvalue weighted by atomic mass is 19.1. The molecule has 0 saturated carbocycles. The van der Waals surface area contributed by atoms with Crippen molar-refractivity contribution in [1.82, 2.24) is 9.55 Å². The van der Waals surface area contributed by atoms with E-state index in [1.165, 1.54) is 16.7 Å². The number of aliphatic hydroxyl groups is 1. The number of urea groups is 1. The van der Waals surface area contributed by atoms with Gasteiger partial charge in [-0.15, -0.1) is 0 Å². The number of hydrogen-bond acceptors (Lipinski definition) is 6. The van der Waals surface area contributed by atoms with Crippen molar-refractivity contribution in [2.24, 2.45) is 0 Å². The van der Waals surface area contributed by atoms with Crippen LogP contribution in [0.4, 0.5) is 26.6 Å². The molecule has 0 radical (unpaired) electrons. The van der Waals surface area contributed by atoms with E-state index in [1.54, 1.807) is 38.6 Å². The number of halogens is 1. The Hall–Kier alpha value is -4.18. The Kier molecular flexibility index (Phi) is 7.28. The third-order valence-electron chi connectivity index (χ3n) is 6.48. The number of benzene rings is 1. The molecule has 1 aromatic carbocycles. The first kappa shape index (κ1) is 26.9. The van der Waals surface area contributed by atoms with E-state index < -0.39 is 11.8 Å². The number of aromatic nitrogens is 2. The number of nitrogens with zero attached hydrogens (tertiary/aromatic N) is 2. The number of nitrogens with one attached hydrogen (secondary N) is 3. The minimum Gasteiger partial charge on any atom is -0.448 e. The lowest BCUT2D eigenvalue weighted by atomic mass is 9.86. The smallest absolute Gasteiger partial charge is 0.326 e. The van der Waals surface area contributed by atoms with Gasteiger partial charge in [0, 0.05) is 47.9 Å². The van der Waals surface area contributed by atoms with Crippen LogP contribution in [0.5, 0.6) is 0 Å². The summed E-state index contributed by atoms with van der Waals surface area (Å²) in [6.07, 6.45) is 3.22. The normalized spacial score (nSPS) is 11.6. The fraction of sp³-hybridized carbons (Fsp3) is 0.321. The zero-order chi connectivity index (χ0) is 27.8. The fourth-order valence-corrected chi connectivity index (χ4v) is 4.52. The Morgan fingerprint density at radius 1 is 1.13 bits per heavy atom. The number of aliphatic hydroxyl groups excluding tert-OH is 1. The monoisotopic (exact) mass is 521 g/mol. The van der Waals surface area contributed by atoms with E-state index in [4.69, 9.17) is 4.42 Å². The summed E-state index contributed by atoms with van der Waals surface area (Å²) in [5.74, 6) is 0.202. The minimum absolute atomic E-state index is 0.0726. The molecule has 3 aromatic heterocycles. The molecule has 9 nitrogen and oxygen atoms in total. The van der Waals surface area contributed by atoms with Crippen LogP contribution in [-0.4, -0.2) is 34.3 Å². The van der Waals surface area contributed by atoms with Gasteiger partial charge < -0.3 is 24.7 Å². The zero-order valence-electron chi connectivity index (χ0n) is 22.3. The third kappa shape index (κ3) is 5.12. The van der Waals surface area contributed by atoms with Gasteiger partial charge in [-0.3, -0.25) is 10.1 Å². The number of amides is 2. The van der Waals surface area contributed by atoms with Crippen LogP contribution < -0.4 is 21.5 Å². The topological polar surface area (TPSA) is 121 Å². The van der Waals surface area contributed by atoms with E-state index in [1.807, 2.05) is 27.7 Å². The summed E-state index contributed by atoms with van der Waals surface area (Å²) in [7, 11) is 1.72. The second-order valence-electron chi connectivity index (χ2n) is 10.2. The first-order chi connectivity index (χ1) is 17.9. The van der Waals surface area contributed by atoms with Crippen LogP contribution in [-0.2, 0) is 12.0 Å². The molecule has 0 aliphatic rings. The van der Waals surface area contributed by atoms with Crippen LogP contribution in [0.25, 0.3) is 22.0 Å². The largest absolute Gasteiger partial charge is 0.448 e. The maximum absolute atomic E-state index is 14.9. The highest BCUT2D eigenvalue weighted by Crippen LogP contribution is 2.33. The molecule has 4 aromatic rings. The lowest BCUT2D eigenvalue weighted by molar-refractivity contribution is 0.261. The number of fused-ring (bicyclic) bond motifs is 1. The maximum Gasteiger partial charge on any atom is 0.326 e. The molecule has 0 unspecified atom stereocenters. The molecular weight excluding hydrogens is 489 g/mol. The molecule has 0 atom stereocenters. The Balaban J connectivity index is 1.72. The van der Waals surface area contributed by atoms with E-state index in [2.05, 4.69) is 20.9 Å². The molecule has 38 heavy (non-hydrogen) atoms. The van der Waals surface area contributed by atoms with Crippen LogP contribution in [0.15, 0.2) is 45.9 Å². The first-order valence-electron chi connectivity index (χ1n) is 12.2. The molecule has 0 fully saturated rings. The highest BCUT2D eigenvalue weighted by molar-refractivity contribution is 6.00. The Morgan fingerprint density at radius 2 is 1.87 bits per heavy atom. The lowest BCUT2D eigenvalue weighted by Crippen LogP contribution is -2.24. The van der Waals surface area contributed by atoms with Gasteiger partial charge in [0.2, 0.25) is 5.88 Å². The standard InChI is InChI=1S/C28H32FN5O4/c1-15-9-21(29)22(32-27(37)33-25-16(2)20(14-38-25)28(3,4)5)11-18(15)19-10-17-13-31-24(30-6)12-23(17)34(7-8-35)26(19)36/h9-14,35H,7-8H2,1-6H3,(H,30,31)(H2,32,33,37). The summed E-state index contributed by atoms with van der Waals surface area (Å²) < 4.78 is 21.9. The summed E-state index contributed by atoms with van der Waals surface area (Å²) in [5, 5.41) is 18.4. The quantitative estimate of drug-likeness (QED) is 0.270. The van der Waals surface area contributed by atoms with E-state index in [0.29, 0.717) is 33.4 Å². The maximum atomic E-state index is 14.9. The molecule has 4 rings (SSSR count). The number of aryl methyl sites for hydroxylation is 1. The predicted molar refractivity (Wildman–Crippen MR) is 148 cm³/mol. The predicted octanol–water partition coefficient (Wildman–Crippen LogP) is 5.39. The van der Waals surface area contributed by atoms with Crippen molar-refractivity contribution < 1.29 is 18.7 Å². The summed E-state index contributed by atoms with van der Waals surface area (Å²) in [4.78, 5) is 30.6. The first-order valence-corrected chi connectivity index (χ1v) is 12.2. The number of anilines is 3. The van der Waals surface area contributed by atoms with Gasteiger partial charge in [0.25, 0.3) is 5.56 Å². The average Bonchev–Trinajstić information content (AvgIpc) is 3.22. The molecule has 0 saturated heterocycles. The molecule has 200 valence electrons. The Morgan fingerprint density at radius 3 is 2.50 bits per heavy atom. The zero-order valence-corrected chi connectivity index (χ0v) is 22.3. The van der Waals surface area contributed by atoms with E-state index in [0.717, 1.165) is 11.1 Å². The summed E-state index contributed by atoms with van der Waals surface area (Å²) in [6, 6.07) is 5.43. The minimum atomic E-state index is -0.684. The number of carbonyl (C=O) groups excluding carboxylic acids is 1. The number of hydrogen-bond donors (Lipinski definition) is 4. The lowest BCUT2D eigenvalue weighted by Gasteiger charge is -2.17. The molecular formula is C28H32FN5O4. The Labute approximate surface area is 219 Å². The molecule has 3 heterocycles. The van der Waals surface area contributed by atoms with Crippen LogP contribution in [0.2, 0.25) is 0 Å². The van der Waals surface area contributed by atoms with Crippen molar-refractivity contribution in [2.45, 2.75) is 46.6 Å². The average molecular weight is 522 g/mol. The van der Waals surface area contributed by atoms with Gasteiger partial charge in [-0.2, -0.15) is 0 Å². The van der Waals surface area contributed by atoms with Gasteiger partial charge in [0.1, 0.15) is 11.6 Å². The molecule has 0 aliphatic heterocycles. The van der Waals surface area contributed by atoms with Crippen molar-refractivity contribution >= 4 is 34.3 Å². The van der Waals surface area contributed by atoms with Crippen molar-refractivity contribution in [2.75, 3.05) is 29.6 Å². The van der Waals surface area contributed by atoms with Crippen LogP contribution in [0, 0.1) is 19.7 Å². The molecule has 2 amide bonds. The number of furan rings is 1. The van der Waals surface area contributed by atoms with Crippen molar-refractivity contribution in [3.63, 3.8) is 0 Å². The van der Waals surface area contributed by atoms with Gasteiger partial charge in [-0.05, 0) is 48.6 Å². The van der Waals surface area contributed by atoms with Crippen LogP contribution >= 0.6 is 0 Å². The van der Waals surface area contributed by atoms with E-state index in [9.17, 15) is 19.1 Å². The van der Waals surface area contributed by atoms with E-state index >= 15 is 0 Å². The third-order valence-corrected chi connectivity index (χ3v) is 6.48. The van der Waals surface area contributed by atoms with Gasteiger partial charge in [-0.25, -0.2) is 14.2 Å². The van der Waals surface area contributed by atoms with Gasteiger partial charge >= 0.3 is 6.03 Å². The van der Waals surface area contributed by atoms with Crippen molar-refractivity contribution in [3.8, 4) is 11.1 Å². The van der Waals surface area contributed by atoms with Crippen molar-refractivity contribution in [3.05, 3.63) is 69.6 Å². The number of rotatable bonds is 6. The van der Waals surface area contributed by atoms with Crippen LogP contribution in [0.3, 0.4) is 0 Å². The molecule has 0 aliphatic carbocycles. The van der Waals surface area contributed by atoms with Gasteiger partial charge in [0.05, 0.1) is 24.1 Å². The molecule has 0 bridgehead atoms.